The van der Waals surface area contributed by atoms with E-state index in [1.54, 1.807) is 67.5 Å². The molecule has 1 spiro atoms. The molecular formula is C24H29FN2O4Si. The van der Waals surface area contributed by atoms with E-state index in [9.17, 15) is 14.7 Å². The predicted octanol–water partition coefficient (Wildman–Crippen LogP) is 4.07. The number of nitrogens with zero attached hydrogens (tertiary/aromatic N) is 1. The number of nitrogens with one attached hydrogen (secondary N) is 1. The van der Waals surface area contributed by atoms with E-state index >= 15 is 4.11 Å². The largest absolute Gasteiger partial charge is 0.396 e. The number of carbonyl (C=O) groups is 2. The van der Waals surface area contributed by atoms with E-state index in [-0.39, 0.29) is 24.8 Å². The van der Waals surface area contributed by atoms with Gasteiger partial charge in [-0.3, -0.25) is 9.59 Å². The van der Waals surface area contributed by atoms with Crippen molar-refractivity contribution in [2.24, 2.45) is 5.92 Å². The summed E-state index contributed by atoms with van der Waals surface area (Å²) < 4.78 is 21.8. The number of hydrogen-bond donors (Lipinski definition) is 2. The first kappa shape index (κ1) is 22.6. The summed E-state index contributed by atoms with van der Waals surface area (Å²) in [4.78, 5) is 27.7. The zero-order valence-electron chi connectivity index (χ0n) is 18.8. The number of aliphatic hydroxyl groups excluding tert-OH is 1. The summed E-state index contributed by atoms with van der Waals surface area (Å²) in [5.74, 6) is -0.914. The van der Waals surface area contributed by atoms with Gasteiger partial charge in [0.15, 0.2) is 5.60 Å². The van der Waals surface area contributed by atoms with Crippen LogP contribution >= 0.6 is 0 Å². The second-order valence-corrected chi connectivity index (χ2v) is 13.0. The van der Waals surface area contributed by atoms with Crippen LogP contribution in [-0.4, -0.2) is 45.1 Å². The van der Waals surface area contributed by atoms with Crippen LogP contribution < -0.4 is 10.2 Å². The molecule has 32 heavy (non-hydrogen) atoms. The molecule has 2 aliphatic rings. The Labute approximate surface area is 188 Å². The van der Waals surface area contributed by atoms with E-state index in [0.29, 0.717) is 22.5 Å². The molecule has 1 fully saturated rings. The van der Waals surface area contributed by atoms with E-state index in [2.05, 4.69) is 5.32 Å². The Morgan fingerprint density at radius 1 is 1.25 bits per heavy atom. The normalized spacial score (nSPS) is 27.1. The van der Waals surface area contributed by atoms with Crippen molar-refractivity contribution in [2.45, 2.75) is 43.7 Å². The molecule has 0 unspecified atom stereocenters. The maximum atomic E-state index is 15.4. The van der Waals surface area contributed by atoms with Gasteiger partial charge < -0.3 is 24.2 Å². The Hall–Kier alpha value is -2.55. The van der Waals surface area contributed by atoms with Crippen LogP contribution in [-0.2, 0) is 15.1 Å². The number of halogens is 1. The standard InChI is InChI=1S/C24H29FN2O4Si/c1-15-21(32(3,4)25)20(12-13-28)31-24(15)18-14-17(10-11-19(18)27(2)23(24)30)26-22(29)16-8-6-5-7-9-16/h5-11,14-15,20-21,28H,12-13H2,1-4H3,(H,26,29)/t15-,20+,21-,24+/m0/s1. The lowest BCUT2D eigenvalue weighted by atomic mass is 9.82. The van der Waals surface area contributed by atoms with Crippen LogP contribution in [0, 0.1) is 5.92 Å². The molecule has 6 nitrogen and oxygen atoms in total. The van der Waals surface area contributed by atoms with Crippen LogP contribution in [0.25, 0.3) is 0 Å². The number of aliphatic hydroxyl groups is 1. The molecule has 8 heteroatoms. The first-order valence-corrected chi connectivity index (χ1v) is 13.8. The van der Waals surface area contributed by atoms with Crippen molar-refractivity contribution in [1.82, 2.24) is 0 Å². The minimum Gasteiger partial charge on any atom is -0.396 e. The molecular weight excluding hydrogens is 427 g/mol. The molecule has 1 saturated heterocycles. The molecule has 2 amide bonds. The third-order valence-corrected chi connectivity index (χ3v) is 9.26. The zero-order valence-corrected chi connectivity index (χ0v) is 19.8. The molecule has 0 saturated carbocycles. The van der Waals surface area contributed by atoms with E-state index < -0.39 is 31.6 Å². The van der Waals surface area contributed by atoms with Gasteiger partial charge in [0.2, 0.25) is 8.41 Å². The van der Waals surface area contributed by atoms with E-state index in [1.807, 2.05) is 13.0 Å². The van der Waals surface area contributed by atoms with Crippen molar-refractivity contribution in [3.05, 3.63) is 59.7 Å². The molecule has 0 radical (unpaired) electrons. The van der Waals surface area contributed by atoms with Gasteiger partial charge in [0.25, 0.3) is 11.8 Å². The van der Waals surface area contributed by atoms with E-state index in [0.717, 1.165) is 0 Å². The van der Waals surface area contributed by atoms with Gasteiger partial charge in [-0.15, -0.1) is 0 Å². The van der Waals surface area contributed by atoms with Crippen molar-refractivity contribution < 1.29 is 23.5 Å². The molecule has 2 aliphatic heterocycles. The van der Waals surface area contributed by atoms with Crippen LogP contribution in [0.15, 0.2) is 48.5 Å². The van der Waals surface area contributed by atoms with Gasteiger partial charge in [-0.05, 0) is 49.8 Å². The van der Waals surface area contributed by atoms with E-state index in [1.165, 1.54) is 0 Å². The third-order valence-electron chi connectivity index (χ3n) is 6.80. The van der Waals surface area contributed by atoms with Crippen LogP contribution in [0.4, 0.5) is 15.5 Å². The highest BCUT2D eigenvalue weighted by Crippen LogP contribution is 2.60. The van der Waals surface area contributed by atoms with Crippen molar-refractivity contribution in [3.63, 3.8) is 0 Å². The van der Waals surface area contributed by atoms with Crippen LogP contribution in [0.2, 0.25) is 18.6 Å². The summed E-state index contributed by atoms with van der Waals surface area (Å²) in [6.07, 6.45) is -0.277. The molecule has 2 aromatic rings. The summed E-state index contributed by atoms with van der Waals surface area (Å²) in [6, 6.07) is 14.2. The van der Waals surface area contributed by atoms with Gasteiger partial charge >= 0.3 is 0 Å². The van der Waals surface area contributed by atoms with Gasteiger partial charge in [0.1, 0.15) is 0 Å². The molecule has 0 aliphatic carbocycles. The Kier molecular flexibility index (Phi) is 5.73. The smallest absolute Gasteiger partial charge is 0.264 e. The fourth-order valence-electron chi connectivity index (χ4n) is 5.42. The Morgan fingerprint density at radius 3 is 2.56 bits per heavy atom. The van der Waals surface area contributed by atoms with Gasteiger partial charge in [-0.2, -0.15) is 0 Å². The van der Waals surface area contributed by atoms with Crippen LogP contribution in [0.5, 0.6) is 0 Å². The molecule has 0 aromatic heterocycles. The predicted molar refractivity (Wildman–Crippen MR) is 124 cm³/mol. The molecule has 2 heterocycles. The Balaban J connectivity index is 1.76. The number of amides is 2. The zero-order chi connectivity index (χ0) is 23.3. The number of anilines is 2. The van der Waals surface area contributed by atoms with Crippen molar-refractivity contribution >= 4 is 31.6 Å². The summed E-state index contributed by atoms with van der Waals surface area (Å²) >= 11 is 0. The van der Waals surface area contributed by atoms with Gasteiger partial charge in [-0.1, -0.05) is 25.1 Å². The third kappa shape index (κ3) is 3.46. The second kappa shape index (κ2) is 8.10. The van der Waals surface area contributed by atoms with Crippen LogP contribution in [0.3, 0.4) is 0 Å². The molecule has 0 bridgehead atoms. The van der Waals surface area contributed by atoms with Gasteiger partial charge in [0, 0.05) is 41.9 Å². The number of carbonyl (C=O) groups excluding carboxylic acids is 2. The fraction of sp³-hybridized carbons (Fsp3) is 0.417. The monoisotopic (exact) mass is 456 g/mol. The lowest BCUT2D eigenvalue weighted by Crippen LogP contribution is -2.44. The Bertz CT molecular complexity index is 1040. The fourth-order valence-corrected chi connectivity index (χ4v) is 7.96. The molecule has 2 N–H and O–H groups in total. The summed E-state index contributed by atoms with van der Waals surface area (Å²) in [5.41, 5.74) is 0.594. The summed E-state index contributed by atoms with van der Waals surface area (Å²) in [5, 5.41) is 12.4. The number of ether oxygens (including phenoxy) is 1. The highest BCUT2D eigenvalue weighted by atomic mass is 28.4. The summed E-state index contributed by atoms with van der Waals surface area (Å²) in [6.45, 7) is 4.98. The van der Waals surface area contributed by atoms with Crippen LogP contribution in [0.1, 0.15) is 29.3 Å². The average Bonchev–Trinajstić information content (AvgIpc) is 3.16. The SMILES string of the molecule is C[C@H]1[C@H]([Si](C)(C)F)[C@@H](CCO)O[C@]12C(=O)N(C)c1ccc(NC(=O)c3ccccc3)cc12. The number of rotatable bonds is 5. The molecule has 170 valence electrons. The molecule has 2 aromatic carbocycles. The topological polar surface area (TPSA) is 78.9 Å². The number of benzene rings is 2. The first-order valence-electron chi connectivity index (χ1n) is 10.9. The van der Waals surface area contributed by atoms with Gasteiger partial charge in [-0.25, -0.2) is 0 Å². The minimum absolute atomic E-state index is 0.140. The van der Waals surface area contributed by atoms with Crippen molar-refractivity contribution in [3.8, 4) is 0 Å². The lowest BCUT2D eigenvalue weighted by molar-refractivity contribution is -0.145. The minimum atomic E-state index is -3.21. The average molecular weight is 457 g/mol. The highest BCUT2D eigenvalue weighted by molar-refractivity contribution is 6.72. The van der Waals surface area contributed by atoms with Crippen molar-refractivity contribution in [1.29, 1.82) is 0 Å². The quantitative estimate of drug-likeness (QED) is 0.525. The maximum absolute atomic E-state index is 15.4. The molecule has 4 atom stereocenters. The highest BCUT2D eigenvalue weighted by Gasteiger charge is 2.66. The lowest BCUT2D eigenvalue weighted by Gasteiger charge is -2.31. The number of hydrogen-bond acceptors (Lipinski definition) is 4. The van der Waals surface area contributed by atoms with Crippen molar-refractivity contribution in [2.75, 3.05) is 23.9 Å². The number of fused-ring (bicyclic) bond motifs is 2. The van der Waals surface area contributed by atoms with Gasteiger partial charge in [0.05, 0.1) is 11.8 Å². The second-order valence-electron chi connectivity index (χ2n) is 9.20. The first-order chi connectivity index (χ1) is 15.1. The summed E-state index contributed by atoms with van der Waals surface area (Å²) in [7, 11) is -1.53. The Morgan fingerprint density at radius 2 is 1.94 bits per heavy atom. The maximum Gasteiger partial charge on any atom is 0.264 e. The molecule has 4 rings (SSSR count). The number of likely N-dealkylation sites (N-methyl/N-ethyl adjacent to an activating group) is 1. The van der Waals surface area contributed by atoms with E-state index in [4.69, 9.17) is 4.74 Å².